The lowest BCUT2D eigenvalue weighted by atomic mass is 10.2. The molecule has 0 saturated carbocycles. The Hall–Kier alpha value is -1.15. The molecule has 0 saturated heterocycles. The van der Waals surface area contributed by atoms with E-state index in [1.807, 2.05) is 0 Å². The lowest BCUT2D eigenvalue weighted by Crippen LogP contribution is -2.17. The average Bonchev–Trinajstić information content (AvgIpc) is 2.64. The molecule has 0 aliphatic carbocycles. The molecule has 0 unspecified atom stereocenters. The molecule has 0 aromatic carbocycles. The van der Waals surface area contributed by atoms with Gasteiger partial charge in [-0.3, -0.25) is 4.74 Å². The van der Waals surface area contributed by atoms with Gasteiger partial charge in [0.1, 0.15) is 0 Å². The first-order chi connectivity index (χ1) is 8.01. The Morgan fingerprint density at radius 3 is 2.76 bits per heavy atom. The number of hydrogen-bond acceptors (Lipinski definition) is 4. The van der Waals surface area contributed by atoms with Crippen molar-refractivity contribution in [2.45, 2.75) is 32.2 Å². The maximum Gasteiger partial charge on any atom is 0.522 e. The van der Waals surface area contributed by atoms with Crippen LogP contribution in [0.3, 0.4) is 0 Å². The van der Waals surface area contributed by atoms with Crippen molar-refractivity contribution in [1.29, 1.82) is 0 Å². The van der Waals surface area contributed by atoms with Gasteiger partial charge in [-0.1, -0.05) is 5.21 Å². The van der Waals surface area contributed by atoms with Gasteiger partial charge in [-0.25, -0.2) is 4.68 Å². The summed E-state index contributed by atoms with van der Waals surface area (Å²) < 4.78 is 40.0. The minimum absolute atomic E-state index is 0.0311. The number of rotatable bonds is 7. The van der Waals surface area contributed by atoms with Crippen molar-refractivity contribution < 1.29 is 17.9 Å². The number of unbranched alkanes of at least 4 members (excludes halogenated alkanes) is 1. The van der Waals surface area contributed by atoms with Crippen LogP contribution in [0.5, 0.6) is 0 Å². The summed E-state index contributed by atoms with van der Waals surface area (Å²) in [5.74, 6) is 0. The van der Waals surface area contributed by atoms with E-state index >= 15 is 0 Å². The molecule has 0 fully saturated rings. The molecule has 98 valence electrons. The highest BCUT2D eigenvalue weighted by Crippen LogP contribution is 2.15. The highest BCUT2D eigenvalue weighted by Gasteiger charge is 2.28. The summed E-state index contributed by atoms with van der Waals surface area (Å²) in [4.78, 5) is 0. The molecule has 1 rings (SSSR count). The summed E-state index contributed by atoms with van der Waals surface area (Å²) in [6.07, 6.45) is -0.448. The van der Waals surface area contributed by atoms with Crippen LogP contribution in [0, 0.1) is 0 Å². The first-order valence-electron chi connectivity index (χ1n) is 5.31. The summed E-state index contributed by atoms with van der Waals surface area (Å²) >= 11 is 0. The van der Waals surface area contributed by atoms with Crippen LogP contribution < -0.4 is 5.73 Å². The van der Waals surface area contributed by atoms with E-state index in [4.69, 9.17) is 5.73 Å². The van der Waals surface area contributed by atoms with Gasteiger partial charge >= 0.3 is 6.36 Å². The van der Waals surface area contributed by atoms with Crippen LogP contribution in [0.1, 0.15) is 18.5 Å². The van der Waals surface area contributed by atoms with Gasteiger partial charge in [-0.2, -0.15) is 0 Å². The predicted molar refractivity (Wildman–Crippen MR) is 54.0 cm³/mol. The molecular weight excluding hydrogens is 237 g/mol. The van der Waals surface area contributed by atoms with Crippen molar-refractivity contribution in [1.82, 2.24) is 15.0 Å². The summed E-state index contributed by atoms with van der Waals surface area (Å²) in [5, 5.41) is 7.54. The largest absolute Gasteiger partial charge is 0.522 e. The van der Waals surface area contributed by atoms with Crippen LogP contribution in [-0.4, -0.2) is 34.5 Å². The standard InChI is InChI=1S/C9H15F3N4O/c10-9(11,12)17-6-5-16-7-8(14-15-16)3-1-2-4-13/h7H,1-6,13H2. The van der Waals surface area contributed by atoms with E-state index in [2.05, 4.69) is 15.0 Å². The van der Waals surface area contributed by atoms with Crippen LogP contribution in [-0.2, 0) is 17.7 Å². The highest BCUT2D eigenvalue weighted by atomic mass is 19.4. The summed E-state index contributed by atoms with van der Waals surface area (Å²) in [6.45, 7) is 0.187. The molecule has 0 bridgehead atoms. The number of ether oxygens (including phenoxy) is 1. The van der Waals surface area contributed by atoms with E-state index in [0.717, 1.165) is 25.0 Å². The molecular formula is C9H15F3N4O. The van der Waals surface area contributed by atoms with Crippen molar-refractivity contribution in [2.24, 2.45) is 5.73 Å². The second-order valence-electron chi connectivity index (χ2n) is 3.51. The van der Waals surface area contributed by atoms with E-state index in [1.54, 1.807) is 6.20 Å². The smallest absolute Gasteiger partial charge is 0.330 e. The number of nitrogens with zero attached hydrogens (tertiary/aromatic N) is 3. The summed E-state index contributed by atoms with van der Waals surface area (Å²) in [6, 6.07) is 0. The van der Waals surface area contributed by atoms with Gasteiger partial charge < -0.3 is 5.73 Å². The molecule has 2 N–H and O–H groups in total. The maximum atomic E-state index is 11.7. The van der Waals surface area contributed by atoms with Crippen LogP contribution in [0.25, 0.3) is 0 Å². The number of halogens is 3. The van der Waals surface area contributed by atoms with Crippen LogP contribution in [0.2, 0.25) is 0 Å². The van der Waals surface area contributed by atoms with Crippen LogP contribution in [0.15, 0.2) is 6.20 Å². The van der Waals surface area contributed by atoms with Crippen LogP contribution in [0.4, 0.5) is 13.2 Å². The molecule has 8 heteroatoms. The van der Waals surface area contributed by atoms with Crippen molar-refractivity contribution in [3.05, 3.63) is 11.9 Å². The molecule has 0 aliphatic rings. The van der Waals surface area contributed by atoms with Gasteiger partial charge in [0.15, 0.2) is 0 Å². The van der Waals surface area contributed by atoms with Gasteiger partial charge in [0.2, 0.25) is 0 Å². The predicted octanol–water partition coefficient (Wildman–Crippen LogP) is 1.10. The zero-order valence-corrected chi connectivity index (χ0v) is 9.28. The monoisotopic (exact) mass is 252 g/mol. The molecule has 0 atom stereocenters. The second kappa shape index (κ2) is 6.55. The molecule has 17 heavy (non-hydrogen) atoms. The van der Waals surface area contributed by atoms with E-state index in [9.17, 15) is 13.2 Å². The van der Waals surface area contributed by atoms with Crippen LogP contribution >= 0.6 is 0 Å². The van der Waals surface area contributed by atoms with Gasteiger partial charge in [0.05, 0.1) is 18.8 Å². The van der Waals surface area contributed by atoms with E-state index in [0.29, 0.717) is 6.54 Å². The van der Waals surface area contributed by atoms with Gasteiger partial charge in [-0.15, -0.1) is 18.3 Å². The van der Waals surface area contributed by atoms with Gasteiger partial charge in [-0.05, 0) is 25.8 Å². The Labute approximate surface area is 96.7 Å². The zero-order valence-electron chi connectivity index (χ0n) is 9.28. The maximum absolute atomic E-state index is 11.7. The second-order valence-corrected chi connectivity index (χ2v) is 3.51. The third-order valence-electron chi connectivity index (χ3n) is 2.06. The van der Waals surface area contributed by atoms with E-state index in [-0.39, 0.29) is 6.54 Å². The number of aromatic nitrogens is 3. The minimum atomic E-state index is -4.59. The normalized spacial score (nSPS) is 12.0. The zero-order chi connectivity index (χ0) is 12.7. The number of alkyl halides is 3. The molecule has 0 radical (unpaired) electrons. The Morgan fingerprint density at radius 2 is 2.12 bits per heavy atom. The van der Waals surface area contributed by atoms with E-state index in [1.165, 1.54) is 4.68 Å². The molecule has 0 spiro atoms. The first kappa shape index (κ1) is 13.9. The first-order valence-corrected chi connectivity index (χ1v) is 5.31. The van der Waals surface area contributed by atoms with Gasteiger partial charge in [0, 0.05) is 6.20 Å². The molecule has 1 aromatic rings. The summed E-state index contributed by atoms with van der Waals surface area (Å²) in [5.41, 5.74) is 6.10. The molecule has 5 nitrogen and oxygen atoms in total. The number of aryl methyl sites for hydroxylation is 1. The number of nitrogens with two attached hydrogens (primary N) is 1. The average molecular weight is 252 g/mol. The lowest BCUT2D eigenvalue weighted by molar-refractivity contribution is -0.325. The fourth-order valence-corrected chi connectivity index (χ4v) is 1.27. The SMILES string of the molecule is NCCCCc1cn(CCOC(F)(F)F)nn1. The fraction of sp³-hybridized carbons (Fsp3) is 0.778. The van der Waals surface area contributed by atoms with Crippen molar-refractivity contribution >= 4 is 0 Å². The Balaban J connectivity index is 2.26. The van der Waals surface area contributed by atoms with Crippen molar-refractivity contribution in [2.75, 3.05) is 13.2 Å². The summed E-state index contributed by atoms with van der Waals surface area (Å²) in [7, 11) is 0. The quantitative estimate of drug-likeness (QED) is 0.738. The molecule has 1 heterocycles. The Morgan fingerprint density at radius 1 is 1.35 bits per heavy atom. The van der Waals surface area contributed by atoms with E-state index < -0.39 is 13.0 Å². The Bertz CT molecular complexity index is 326. The third kappa shape index (κ3) is 6.22. The molecule has 0 amide bonds. The Kier molecular flexibility index (Phi) is 5.36. The molecule has 1 aromatic heterocycles. The highest BCUT2D eigenvalue weighted by molar-refractivity contribution is 4.92. The fourth-order valence-electron chi connectivity index (χ4n) is 1.27. The third-order valence-corrected chi connectivity index (χ3v) is 2.06. The minimum Gasteiger partial charge on any atom is -0.330 e. The topological polar surface area (TPSA) is 66.0 Å². The lowest BCUT2D eigenvalue weighted by Gasteiger charge is -2.06. The number of hydrogen-bond donors (Lipinski definition) is 1. The van der Waals surface area contributed by atoms with Crippen molar-refractivity contribution in [3.8, 4) is 0 Å². The molecule has 0 aliphatic heterocycles. The van der Waals surface area contributed by atoms with Gasteiger partial charge in [0.25, 0.3) is 0 Å². The van der Waals surface area contributed by atoms with Crippen molar-refractivity contribution in [3.63, 3.8) is 0 Å².